The number of nitrogens with two attached hydrogens (primary N) is 2. The highest BCUT2D eigenvalue weighted by atomic mass is 16.5. The molecule has 0 heterocycles. The largest absolute Gasteiger partial charge is 0.508 e. The second kappa shape index (κ2) is 9.72. The van der Waals surface area contributed by atoms with Crippen LogP contribution in [0.4, 0.5) is 0 Å². The number of carboxylic acids is 1. The van der Waals surface area contributed by atoms with Gasteiger partial charge in [0.25, 0.3) is 0 Å². The van der Waals surface area contributed by atoms with Crippen molar-refractivity contribution in [3.05, 3.63) is 65.7 Å². The van der Waals surface area contributed by atoms with Crippen LogP contribution in [-0.4, -0.2) is 39.5 Å². The van der Waals surface area contributed by atoms with Crippen molar-refractivity contribution in [2.45, 2.75) is 44.9 Å². The zero-order chi connectivity index (χ0) is 23.2. The molecular formula is C23H28N2O6. The van der Waals surface area contributed by atoms with Gasteiger partial charge in [0, 0.05) is 0 Å². The summed E-state index contributed by atoms with van der Waals surface area (Å²) < 4.78 is 5.34. The van der Waals surface area contributed by atoms with Gasteiger partial charge in [-0.15, -0.1) is 0 Å². The van der Waals surface area contributed by atoms with Crippen LogP contribution in [0.1, 0.15) is 31.4 Å². The fraction of sp³-hybridized carbons (Fsp3) is 0.348. The van der Waals surface area contributed by atoms with Crippen LogP contribution >= 0.6 is 0 Å². The average Bonchev–Trinajstić information content (AvgIpc) is 2.77. The van der Waals surface area contributed by atoms with Crippen molar-refractivity contribution >= 4 is 17.7 Å². The number of benzene rings is 2. The van der Waals surface area contributed by atoms with Crippen molar-refractivity contribution in [2.24, 2.45) is 16.9 Å². The van der Waals surface area contributed by atoms with Crippen molar-refractivity contribution in [3.8, 4) is 5.75 Å². The maximum absolute atomic E-state index is 13.2. The number of aromatic hydroxyl groups is 1. The van der Waals surface area contributed by atoms with Crippen LogP contribution in [-0.2, 0) is 32.1 Å². The first kappa shape index (κ1) is 24.0. The number of Topliss-reactive ketones (excluding diaryl/α,β-unsaturated/α-hetero) is 1. The monoisotopic (exact) mass is 428 g/mol. The fourth-order valence-corrected chi connectivity index (χ4v) is 3.35. The van der Waals surface area contributed by atoms with Gasteiger partial charge in [-0.1, -0.05) is 49.4 Å². The predicted octanol–water partition coefficient (Wildman–Crippen LogP) is 1.77. The Hall–Kier alpha value is -3.23. The molecule has 0 aliphatic carbocycles. The number of carbonyl (C=O) groups excluding carboxylic acids is 2. The Labute approximate surface area is 180 Å². The summed E-state index contributed by atoms with van der Waals surface area (Å²) in [4.78, 5) is 38.3. The zero-order valence-corrected chi connectivity index (χ0v) is 17.6. The van der Waals surface area contributed by atoms with E-state index in [0.717, 1.165) is 0 Å². The number of hydrogen-bond donors (Lipinski definition) is 4. The molecule has 2 aromatic rings. The molecule has 2 aromatic carbocycles. The first-order chi connectivity index (χ1) is 14.6. The molecule has 2 rings (SSSR count). The Morgan fingerprint density at radius 3 is 2.13 bits per heavy atom. The zero-order valence-electron chi connectivity index (χ0n) is 17.6. The van der Waals surface area contributed by atoms with Gasteiger partial charge in [0.05, 0.1) is 6.04 Å². The molecular weight excluding hydrogens is 400 g/mol. The minimum Gasteiger partial charge on any atom is -0.508 e. The van der Waals surface area contributed by atoms with Gasteiger partial charge in [0.2, 0.25) is 0 Å². The number of aliphatic carboxylic acids is 1. The minimum absolute atomic E-state index is 0.00972. The molecule has 0 bridgehead atoms. The summed E-state index contributed by atoms with van der Waals surface area (Å²) in [5, 5.41) is 19.3. The number of phenolic OH excluding ortho intramolecular Hbond substituents is 1. The number of hydrogen-bond acceptors (Lipinski definition) is 7. The second-order valence-electron chi connectivity index (χ2n) is 7.70. The van der Waals surface area contributed by atoms with Crippen LogP contribution in [0.3, 0.4) is 0 Å². The molecule has 0 aromatic heterocycles. The highest BCUT2D eigenvalue weighted by Gasteiger charge is 2.61. The van der Waals surface area contributed by atoms with E-state index in [1.807, 2.05) is 6.07 Å². The standard InChI is InChI=1S/C23H28N2O6/c1-3-22(2,21(30)31-14-16-7-5-4-6-8-16)23(25,20(28)29)19(27)18(24)13-15-9-11-17(26)12-10-15/h4-12,18,26H,3,13-14,24-25H2,1-2H3,(H,28,29). The molecule has 0 amide bonds. The average molecular weight is 428 g/mol. The molecule has 0 aliphatic heterocycles. The lowest BCUT2D eigenvalue weighted by Gasteiger charge is -2.40. The van der Waals surface area contributed by atoms with Crippen molar-refractivity contribution in [1.82, 2.24) is 0 Å². The number of carboxylic acid groups (broad SMARTS) is 1. The summed E-state index contributed by atoms with van der Waals surface area (Å²) in [6.07, 6.45) is -0.0642. The Bertz CT molecular complexity index is 931. The predicted molar refractivity (Wildman–Crippen MR) is 114 cm³/mol. The van der Waals surface area contributed by atoms with E-state index < -0.39 is 34.7 Å². The maximum Gasteiger partial charge on any atom is 0.332 e. The number of esters is 1. The summed E-state index contributed by atoms with van der Waals surface area (Å²) in [6.45, 7) is 2.78. The Morgan fingerprint density at radius 1 is 1.03 bits per heavy atom. The lowest BCUT2D eigenvalue weighted by atomic mass is 9.65. The van der Waals surface area contributed by atoms with Gasteiger partial charge in [-0.05, 0) is 43.0 Å². The highest BCUT2D eigenvalue weighted by molar-refractivity contribution is 6.14. The van der Waals surface area contributed by atoms with Gasteiger partial charge in [-0.2, -0.15) is 0 Å². The van der Waals surface area contributed by atoms with Gasteiger partial charge in [-0.25, -0.2) is 4.79 Å². The van der Waals surface area contributed by atoms with E-state index in [0.29, 0.717) is 11.1 Å². The lowest BCUT2D eigenvalue weighted by molar-refractivity contribution is -0.173. The third-order valence-corrected chi connectivity index (χ3v) is 5.70. The molecule has 0 fully saturated rings. The van der Waals surface area contributed by atoms with Gasteiger partial charge in [0.15, 0.2) is 11.3 Å². The molecule has 0 saturated heterocycles. The molecule has 8 heteroatoms. The number of rotatable bonds is 10. The summed E-state index contributed by atoms with van der Waals surface area (Å²) in [6, 6.07) is 13.6. The van der Waals surface area contributed by atoms with Crippen LogP contribution in [0.25, 0.3) is 0 Å². The molecule has 8 nitrogen and oxygen atoms in total. The maximum atomic E-state index is 13.2. The summed E-state index contributed by atoms with van der Waals surface area (Å²) >= 11 is 0. The topological polar surface area (TPSA) is 153 Å². The van der Waals surface area contributed by atoms with E-state index in [1.165, 1.54) is 19.1 Å². The number of carbonyl (C=O) groups is 3. The van der Waals surface area contributed by atoms with Crippen molar-refractivity contribution < 1.29 is 29.3 Å². The first-order valence-electron chi connectivity index (χ1n) is 9.87. The van der Waals surface area contributed by atoms with E-state index in [-0.39, 0.29) is 25.2 Å². The van der Waals surface area contributed by atoms with Crippen LogP contribution in [0.15, 0.2) is 54.6 Å². The third-order valence-electron chi connectivity index (χ3n) is 5.70. The highest BCUT2D eigenvalue weighted by Crippen LogP contribution is 2.37. The first-order valence-corrected chi connectivity index (χ1v) is 9.87. The van der Waals surface area contributed by atoms with Gasteiger partial charge < -0.3 is 26.4 Å². The van der Waals surface area contributed by atoms with E-state index in [9.17, 15) is 24.6 Å². The third kappa shape index (κ3) is 4.92. The minimum atomic E-state index is -2.59. The quantitative estimate of drug-likeness (QED) is 0.330. The molecule has 0 saturated carbocycles. The molecule has 3 atom stereocenters. The van der Waals surface area contributed by atoms with Crippen molar-refractivity contribution in [3.63, 3.8) is 0 Å². The molecule has 6 N–H and O–H groups in total. The van der Waals surface area contributed by atoms with E-state index in [2.05, 4.69) is 0 Å². The van der Waals surface area contributed by atoms with E-state index in [4.69, 9.17) is 16.2 Å². The van der Waals surface area contributed by atoms with Gasteiger partial charge in [0.1, 0.15) is 17.8 Å². The molecule has 0 aliphatic rings. The molecule has 166 valence electrons. The van der Waals surface area contributed by atoms with Crippen LogP contribution in [0.2, 0.25) is 0 Å². The second-order valence-corrected chi connectivity index (χ2v) is 7.70. The van der Waals surface area contributed by atoms with E-state index >= 15 is 0 Å². The Morgan fingerprint density at radius 2 is 1.61 bits per heavy atom. The summed E-state index contributed by atoms with van der Waals surface area (Å²) in [7, 11) is 0. The normalized spacial score (nSPS) is 15.9. The number of ketones is 1. The van der Waals surface area contributed by atoms with Crippen molar-refractivity contribution in [1.29, 1.82) is 0 Å². The Kier molecular flexibility index (Phi) is 7.54. The van der Waals surface area contributed by atoms with Crippen LogP contribution in [0.5, 0.6) is 5.75 Å². The van der Waals surface area contributed by atoms with E-state index in [1.54, 1.807) is 43.3 Å². The van der Waals surface area contributed by atoms with Gasteiger partial charge >= 0.3 is 11.9 Å². The van der Waals surface area contributed by atoms with Crippen LogP contribution < -0.4 is 11.5 Å². The number of phenols is 1. The molecule has 0 spiro atoms. The van der Waals surface area contributed by atoms with Crippen molar-refractivity contribution in [2.75, 3.05) is 0 Å². The molecule has 0 radical (unpaired) electrons. The molecule has 31 heavy (non-hydrogen) atoms. The van der Waals surface area contributed by atoms with Gasteiger partial charge in [-0.3, -0.25) is 9.59 Å². The number of ether oxygens (including phenoxy) is 1. The fourth-order valence-electron chi connectivity index (χ4n) is 3.35. The Balaban J connectivity index is 2.28. The smallest absolute Gasteiger partial charge is 0.332 e. The molecule has 3 unspecified atom stereocenters. The summed E-state index contributed by atoms with van der Waals surface area (Å²) in [5.41, 5.74) is 9.05. The SMILES string of the molecule is CCC(C)(C(=O)OCc1ccccc1)C(N)(C(=O)O)C(=O)C(N)Cc1ccc(O)cc1. The lowest BCUT2D eigenvalue weighted by Crippen LogP contribution is -2.71. The summed E-state index contributed by atoms with van der Waals surface area (Å²) in [5.74, 6) is -3.48. The van der Waals surface area contributed by atoms with Crippen LogP contribution in [0, 0.1) is 5.41 Å².